The number of sulfonamides is 1. The summed E-state index contributed by atoms with van der Waals surface area (Å²) in [6, 6.07) is 9.95. The fourth-order valence-electron chi connectivity index (χ4n) is 4.91. The van der Waals surface area contributed by atoms with Gasteiger partial charge in [-0.05, 0) is 61.9 Å². The minimum Gasteiger partial charge on any atom is -0.495 e. The molecule has 182 valence electrons. The van der Waals surface area contributed by atoms with E-state index in [0.717, 1.165) is 29.7 Å². The molecule has 0 spiro atoms. The van der Waals surface area contributed by atoms with Gasteiger partial charge >= 0.3 is 5.97 Å². The van der Waals surface area contributed by atoms with Gasteiger partial charge in [-0.25, -0.2) is 13.2 Å². The van der Waals surface area contributed by atoms with Crippen molar-refractivity contribution in [2.45, 2.75) is 37.5 Å². The number of fused-ring (bicyclic) bond motifs is 1. The lowest BCUT2D eigenvalue weighted by molar-refractivity contribution is -0.123. The Balaban J connectivity index is 1.52. The van der Waals surface area contributed by atoms with Gasteiger partial charge in [-0.15, -0.1) is 0 Å². The number of carbonyl (C=O) groups excluding carboxylic acids is 2. The van der Waals surface area contributed by atoms with Crippen molar-refractivity contribution < 1.29 is 27.5 Å². The van der Waals surface area contributed by atoms with Gasteiger partial charge in [0.2, 0.25) is 15.9 Å². The predicted molar refractivity (Wildman–Crippen MR) is 128 cm³/mol. The first-order valence-electron chi connectivity index (χ1n) is 11.4. The van der Waals surface area contributed by atoms with E-state index in [1.807, 2.05) is 24.0 Å². The van der Waals surface area contributed by atoms with Crippen molar-refractivity contribution in [2.75, 3.05) is 38.8 Å². The van der Waals surface area contributed by atoms with E-state index in [2.05, 4.69) is 0 Å². The molecule has 0 saturated carbocycles. The Labute approximate surface area is 200 Å². The number of carbonyl (C=O) groups is 2. The Morgan fingerprint density at radius 1 is 1.00 bits per heavy atom. The molecule has 4 rings (SSSR count). The van der Waals surface area contributed by atoms with Crippen LogP contribution in [0.4, 0.5) is 5.69 Å². The number of piperidine rings is 1. The first-order valence-corrected chi connectivity index (χ1v) is 12.9. The lowest BCUT2D eigenvalue weighted by Gasteiger charge is -2.37. The molecule has 0 aromatic heterocycles. The second-order valence-corrected chi connectivity index (χ2v) is 10.6. The summed E-state index contributed by atoms with van der Waals surface area (Å²) in [5.41, 5.74) is 3.13. The highest BCUT2D eigenvalue weighted by atomic mass is 32.2. The van der Waals surface area contributed by atoms with Crippen LogP contribution in [0.15, 0.2) is 41.3 Å². The predicted octanol–water partition coefficient (Wildman–Crippen LogP) is 3.17. The molecular weight excluding hydrogens is 456 g/mol. The van der Waals surface area contributed by atoms with Crippen molar-refractivity contribution in [3.05, 3.63) is 53.1 Å². The minimum atomic E-state index is -3.90. The zero-order chi connectivity index (χ0) is 24.5. The minimum absolute atomic E-state index is 0.00980. The highest BCUT2D eigenvalue weighted by molar-refractivity contribution is 7.89. The SMILES string of the molecule is COC(=O)c1ccccc1S(=O)(=O)N1CCC(C(=O)N2CCCc3c(C)ccc(OC)c32)CC1. The van der Waals surface area contributed by atoms with Gasteiger partial charge in [0.05, 0.1) is 30.4 Å². The number of amides is 1. The summed E-state index contributed by atoms with van der Waals surface area (Å²) in [6.07, 6.45) is 2.61. The summed E-state index contributed by atoms with van der Waals surface area (Å²) < 4.78 is 38.3. The van der Waals surface area contributed by atoms with E-state index in [4.69, 9.17) is 9.47 Å². The number of rotatable bonds is 5. The summed E-state index contributed by atoms with van der Waals surface area (Å²) in [5, 5.41) is 0. The first-order chi connectivity index (χ1) is 16.3. The van der Waals surface area contributed by atoms with Crippen molar-refractivity contribution in [3.8, 4) is 5.75 Å². The fraction of sp³-hybridized carbons (Fsp3) is 0.440. The van der Waals surface area contributed by atoms with Crippen LogP contribution in [-0.2, 0) is 26.0 Å². The molecule has 2 heterocycles. The third-order valence-electron chi connectivity index (χ3n) is 6.76. The maximum absolute atomic E-state index is 13.5. The Morgan fingerprint density at radius 2 is 1.71 bits per heavy atom. The highest BCUT2D eigenvalue weighted by Gasteiger charge is 2.37. The average molecular weight is 487 g/mol. The van der Waals surface area contributed by atoms with Crippen LogP contribution in [0, 0.1) is 12.8 Å². The van der Waals surface area contributed by atoms with Gasteiger partial charge in [0.1, 0.15) is 5.75 Å². The molecule has 2 aromatic carbocycles. The standard InChI is InChI=1S/C25H30N2O6S/c1-17-10-11-21(32-2)23-19(17)8-6-14-27(23)24(28)18-12-15-26(16-13-18)34(30,31)22-9-5-4-7-20(22)25(29)33-3/h4-5,7,9-11,18H,6,8,12-16H2,1-3H3. The van der Waals surface area contributed by atoms with Crippen LogP contribution in [0.25, 0.3) is 0 Å². The first kappa shape index (κ1) is 24.2. The quantitative estimate of drug-likeness (QED) is 0.603. The third-order valence-corrected chi connectivity index (χ3v) is 8.71. The summed E-state index contributed by atoms with van der Waals surface area (Å²) in [6.45, 7) is 3.08. The van der Waals surface area contributed by atoms with Gasteiger partial charge in [0, 0.05) is 25.6 Å². The Kier molecular flexibility index (Phi) is 6.95. The van der Waals surface area contributed by atoms with Gasteiger partial charge in [0.15, 0.2) is 0 Å². The Bertz CT molecular complexity index is 1200. The Hall–Kier alpha value is -2.91. The fourth-order valence-corrected chi connectivity index (χ4v) is 6.56. The smallest absolute Gasteiger partial charge is 0.339 e. The van der Waals surface area contributed by atoms with Gasteiger partial charge in [0.25, 0.3) is 0 Å². The molecule has 34 heavy (non-hydrogen) atoms. The largest absolute Gasteiger partial charge is 0.495 e. The van der Waals surface area contributed by atoms with E-state index in [1.54, 1.807) is 19.2 Å². The molecule has 0 radical (unpaired) electrons. The molecule has 2 aromatic rings. The molecule has 9 heteroatoms. The molecule has 8 nitrogen and oxygen atoms in total. The maximum atomic E-state index is 13.5. The van der Waals surface area contributed by atoms with E-state index in [9.17, 15) is 18.0 Å². The summed E-state index contributed by atoms with van der Waals surface area (Å²) >= 11 is 0. The van der Waals surface area contributed by atoms with Gasteiger partial charge in [-0.2, -0.15) is 4.31 Å². The maximum Gasteiger partial charge on any atom is 0.339 e. The van der Waals surface area contributed by atoms with E-state index in [1.165, 1.54) is 23.5 Å². The van der Waals surface area contributed by atoms with Crippen LogP contribution < -0.4 is 9.64 Å². The van der Waals surface area contributed by atoms with E-state index in [0.29, 0.717) is 25.1 Å². The van der Waals surface area contributed by atoms with Crippen molar-refractivity contribution in [1.82, 2.24) is 4.31 Å². The van der Waals surface area contributed by atoms with Crippen LogP contribution in [0.1, 0.15) is 40.7 Å². The molecule has 1 amide bonds. The van der Waals surface area contributed by atoms with E-state index >= 15 is 0 Å². The molecule has 0 bridgehead atoms. The summed E-state index contributed by atoms with van der Waals surface area (Å²) in [5.74, 6) is -0.277. The summed E-state index contributed by atoms with van der Waals surface area (Å²) in [4.78, 5) is 27.4. The lowest BCUT2D eigenvalue weighted by Crippen LogP contribution is -2.46. The van der Waals surface area contributed by atoms with E-state index in [-0.39, 0.29) is 35.4 Å². The van der Waals surface area contributed by atoms with Crippen LogP contribution in [0.2, 0.25) is 0 Å². The molecule has 2 aliphatic rings. The average Bonchev–Trinajstić information content (AvgIpc) is 2.88. The van der Waals surface area contributed by atoms with Gasteiger partial charge in [-0.1, -0.05) is 18.2 Å². The molecular formula is C25H30N2O6S. The Morgan fingerprint density at radius 3 is 2.38 bits per heavy atom. The number of ether oxygens (including phenoxy) is 2. The van der Waals surface area contributed by atoms with Crippen molar-refractivity contribution in [3.63, 3.8) is 0 Å². The van der Waals surface area contributed by atoms with Gasteiger partial charge in [-0.3, -0.25) is 4.79 Å². The lowest BCUT2D eigenvalue weighted by atomic mass is 9.92. The van der Waals surface area contributed by atoms with Crippen LogP contribution >= 0.6 is 0 Å². The van der Waals surface area contributed by atoms with Crippen LogP contribution in [-0.4, -0.2) is 58.5 Å². The molecule has 1 fully saturated rings. The molecule has 0 aliphatic carbocycles. The van der Waals surface area contributed by atoms with Crippen molar-refractivity contribution in [2.24, 2.45) is 5.92 Å². The molecule has 0 atom stereocenters. The van der Waals surface area contributed by atoms with Crippen molar-refractivity contribution in [1.29, 1.82) is 0 Å². The molecule has 0 unspecified atom stereocenters. The van der Waals surface area contributed by atoms with Crippen LogP contribution in [0.3, 0.4) is 0 Å². The third kappa shape index (κ3) is 4.30. The number of anilines is 1. The number of hydrogen-bond donors (Lipinski definition) is 0. The number of nitrogens with zero attached hydrogens (tertiary/aromatic N) is 2. The number of hydrogen-bond acceptors (Lipinski definition) is 6. The second-order valence-electron chi connectivity index (χ2n) is 8.67. The summed E-state index contributed by atoms with van der Waals surface area (Å²) in [7, 11) is -1.07. The molecule has 2 aliphatic heterocycles. The highest BCUT2D eigenvalue weighted by Crippen LogP contribution is 2.40. The number of aryl methyl sites for hydroxylation is 1. The number of benzene rings is 2. The molecule has 0 N–H and O–H groups in total. The van der Waals surface area contributed by atoms with E-state index < -0.39 is 16.0 Å². The number of methoxy groups -OCH3 is 2. The zero-order valence-corrected chi connectivity index (χ0v) is 20.6. The number of esters is 1. The van der Waals surface area contributed by atoms with Gasteiger partial charge < -0.3 is 14.4 Å². The normalized spacial score (nSPS) is 17.2. The second kappa shape index (κ2) is 9.76. The van der Waals surface area contributed by atoms with Crippen molar-refractivity contribution >= 4 is 27.6 Å². The van der Waals surface area contributed by atoms with Crippen LogP contribution in [0.5, 0.6) is 5.75 Å². The topological polar surface area (TPSA) is 93.2 Å². The molecule has 1 saturated heterocycles. The zero-order valence-electron chi connectivity index (χ0n) is 19.7. The monoisotopic (exact) mass is 486 g/mol.